The molecule has 0 fully saturated rings. The Balaban J connectivity index is 0.938. The van der Waals surface area contributed by atoms with Crippen LogP contribution < -0.4 is 4.90 Å². The zero-order valence-corrected chi connectivity index (χ0v) is 35.2. The van der Waals surface area contributed by atoms with Crippen molar-refractivity contribution in [2.75, 3.05) is 4.90 Å². The Hall–Kier alpha value is -7.22. The van der Waals surface area contributed by atoms with E-state index >= 15 is 0 Å². The van der Waals surface area contributed by atoms with Gasteiger partial charge in [0, 0.05) is 27.9 Å². The van der Waals surface area contributed by atoms with Gasteiger partial charge in [0.25, 0.3) is 0 Å². The average Bonchev–Trinajstić information content (AvgIpc) is 3.69. The smallest absolute Gasteiger partial charge is 0.0465 e. The zero-order chi connectivity index (χ0) is 41.3. The number of hydrogen-bond acceptors (Lipinski definition) is 1. The van der Waals surface area contributed by atoms with Gasteiger partial charge in [-0.2, -0.15) is 0 Å². The molecule has 0 amide bonds. The fourth-order valence-electron chi connectivity index (χ4n) is 10.2. The summed E-state index contributed by atoms with van der Waals surface area (Å²) < 4.78 is 0. The van der Waals surface area contributed by atoms with E-state index in [4.69, 9.17) is 0 Å². The highest BCUT2D eigenvalue weighted by atomic mass is 15.1. The molecule has 1 nitrogen and oxygen atoms in total. The Morgan fingerprint density at radius 1 is 0.246 bits per heavy atom. The van der Waals surface area contributed by atoms with E-state index in [1.807, 2.05) is 0 Å². The lowest BCUT2D eigenvalue weighted by atomic mass is 9.81. The van der Waals surface area contributed by atoms with E-state index in [0.29, 0.717) is 0 Å². The molecule has 2 aliphatic rings. The zero-order valence-electron chi connectivity index (χ0n) is 35.2. The highest BCUT2D eigenvalue weighted by Gasteiger charge is 2.36. The number of anilines is 3. The molecule has 0 saturated carbocycles. The van der Waals surface area contributed by atoms with Gasteiger partial charge in [-0.05, 0) is 131 Å². The molecule has 9 aromatic carbocycles. The van der Waals surface area contributed by atoms with Crippen LogP contribution in [0.5, 0.6) is 0 Å². The molecule has 1 heteroatoms. The van der Waals surface area contributed by atoms with Crippen molar-refractivity contribution in [2.24, 2.45) is 0 Å². The third-order valence-corrected chi connectivity index (χ3v) is 13.5. The molecular weight excluding hydrogens is 735 g/mol. The summed E-state index contributed by atoms with van der Waals surface area (Å²) in [4.78, 5) is 2.41. The predicted molar refractivity (Wildman–Crippen MR) is 258 cm³/mol. The Labute approximate surface area is 360 Å². The first-order valence-corrected chi connectivity index (χ1v) is 21.5. The van der Waals surface area contributed by atoms with Gasteiger partial charge in [-0.25, -0.2) is 0 Å². The summed E-state index contributed by atoms with van der Waals surface area (Å²) in [7, 11) is 0. The molecule has 2 aliphatic carbocycles. The fourth-order valence-corrected chi connectivity index (χ4v) is 10.2. The van der Waals surface area contributed by atoms with E-state index in [0.717, 1.165) is 17.1 Å². The molecule has 0 radical (unpaired) electrons. The van der Waals surface area contributed by atoms with E-state index in [-0.39, 0.29) is 10.8 Å². The maximum atomic E-state index is 2.42. The van der Waals surface area contributed by atoms with Crippen LogP contribution in [-0.2, 0) is 10.8 Å². The van der Waals surface area contributed by atoms with E-state index in [2.05, 4.69) is 245 Å². The highest BCUT2D eigenvalue weighted by Crippen LogP contribution is 2.52. The summed E-state index contributed by atoms with van der Waals surface area (Å²) in [6.07, 6.45) is 0. The fraction of sp³-hybridized carbons (Fsp3) is 0.100. The van der Waals surface area contributed by atoms with Gasteiger partial charge < -0.3 is 4.90 Å². The van der Waals surface area contributed by atoms with Gasteiger partial charge in [0.15, 0.2) is 0 Å². The topological polar surface area (TPSA) is 3.24 Å². The monoisotopic (exact) mass is 781 g/mol. The lowest BCUT2D eigenvalue weighted by Crippen LogP contribution is -2.16. The van der Waals surface area contributed by atoms with Crippen molar-refractivity contribution in [3.05, 3.63) is 235 Å². The van der Waals surface area contributed by atoms with Crippen LogP contribution in [-0.4, -0.2) is 0 Å². The minimum absolute atomic E-state index is 0.0195. The lowest BCUT2D eigenvalue weighted by molar-refractivity contribution is 0.660. The SMILES string of the molecule is CC1(C)c2ccccc2-c2ccc(-c3ccc(-c4ccc(N(c5ccc(-c6ccccc6-c6ccccc6)cc5)c5ccc6c(c5)C(C)(C)c5ccccc5-6)cc4)cc3)cc21. The number of rotatable bonds is 7. The third kappa shape index (κ3) is 6.07. The predicted octanol–water partition coefficient (Wildman–Crippen LogP) is 16.4. The average molecular weight is 782 g/mol. The number of fused-ring (bicyclic) bond motifs is 6. The van der Waals surface area contributed by atoms with E-state index in [1.54, 1.807) is 0 Å². The van der Waals surface area contributed by atoms with Crippen molar-refractivity contribution in [1.82, 2.24) is 0 Å². The van der Waals surface area contributed by atoms with Crippen molar-refractivity contribution < 1.29 is 0 Å². The first-order chi connectivity index (χ1) is 29.8. The molecule has 11 rings (SSSR count). The van der Waals surface area contributed by atoms with Crippen LogP contribution in [0.25, 0.3) is 66.8 Å². The number of benzene rings is 9. The Bertz CT molecular complexity index is 3100. The van der Waals surface area contributed by atoms with Crippen LogP contribution in [0.1, 0.15) is 49.9 Å². The minimum atomic E-state index is -0.102. The van der Waals surface area contributed by atoms with Crippen LogP contribution in [0.3, 0.4) is 0 Å². The normalized spacial score (nSPS) is 13.8. The maximum Gasteiger partial charge on any atom is 0.0465 e. The quantitative estimate of drug-likeness (QED) is 0.156. The Morgan fingerprint density at radius 3 is 1.13 bits per heavy atom. The minimum Gasteiger partial charge on any atom is -0.310 e. The summed E-state index contributed by atoms with van der Waals surface area (Å²) in [6.45, 7) is 9.41. The van der Waals surface area contributed by atoms with Gasteiger partial charge in [-0.3, -0.25) is 0 Å². The molecule has 0 aliphatic heterocycles. The van der Waals surface area contributed by atoms with Gasteiger partial charge in [0.1, 0.15) is 0 Å². The van der Waals surface area contributed by atoms with Gasteiger partial charge >= 0.3 is 0 Å². The first-order valence-electron chi connectivity index (χ1n) is 21.5. The molecule has 9 aromatic rings. The van der Waals surface area contributed by atoms with Crippen LogP contribution in [0, 0.1) is 0 Å². The molecule has 61 heavy (non-hydrogen) atoms. The standard InChI is InChI=1S/C60H47N/c1-59(2)55-20-12-10-18-51(55)53-36-30-45(38-57(53)59)42-24-22-40(23-25-42)41-26-31-46(32-27-41)61(48-35-37-54-52-19-11-13-21-56(52)60(3,4)58(54)39-48)47-33-28-44(29-34-47)50-17-9-8-16-49(50)43-14-6-5-7-15-43/h5-39H,1-4H3. The van der Waals surface area contributed by atoms with Crippen LogP contribution in [0.15, 0.2) is 212 Å². The van der Waals surface area contributed by atoms with Crippen molar-refractivity contribution in [1.29, 1.82) is 0 Å². The molecule has 0 spiro atoms. The molecule has 0 bridgehead atoms. The van der Waals surface area contributed by atoms with Crippen LogP contribution in [0.2, 0.25) is 0 Å². The van der Waals surface area contributed by atoms with E-state index in [1.165, 1.54) is 89.0 Å². The largest absolute Gasteiger partial charge is 0.310 e. The number of nitrogens with zero attached hydrogens (tertiary/aromatic N) is 1. The van der Waals surface area contributed by atoms with Gasteiger partial charge in [-0.1, -0.05) is 198 Å². The molecule has 0 N–H and O–H groups in total. The summed E-state index contributed by atoms with van der Waals surface area (Å²) in [5.74, 6) is 0. The first kappa shape index (κ1) is 36.8. The van der Waals surface area contributed by atoms with Crippen molar-refractivity contribution in [3.63, 3.8) is 0 Å². The van der Waals surface area contributed by atoms with Crippen molar-refractivity contribution >= 4 is 17.1 Å². The molecule has 0 heterocycles. The Kier molecular flexibility index (Phi) is 8.58. The van der Waals surface area contributed by atoms with Gasteiger partial charge in [0.2, 0.25) is 0 Å². The Morgan fingerprint density at radius 2 is 0.590 bits per heavy atom. The second-order valence-corrected chi connectivity index (χ2v) is 17.7. The van der Waals surface area contributed by atoms with Gasteiger partial charge in [-0.15, -0.1) is 0 Å². The summed E-state index contributed by atoms with van der Waals surface area (Å²) >= 11 is 0. The van der Waals surface area contributed by atoms with Crippen LogP contribution in [0.4, 0.5) is 17.1 Å². The molecule has 0 unspecified atom stereocenters. The highest BCUT2D eigenvalue weighted by molar-refractivity contribution is 5.89. The molecule has 0 saturated heterocycles. The van der Waals surface area contributed by atoms with Gasteiger partial charge in [0.05, 0.1) is 0 Å². The molecule has 0 aromatic heterocycles. The maximum absolute atomic E-state index is 2.42. The summed E-state index contributed by atoms with van der Waals surface area (Å²) in [6, 6.07) is 78.4. The molecule has 292 valence electrons. The summed E-state index contributed by atoms with van der Waals surface area (Å²) in [5, 5.41) is 0. The summed E-state index contributed by atoms with van der Waals surface area (Å²) in [5.41, 5.74) is 24.0. The molecule has 0 atom stereocenters. The van der Waals surface area contributed by atoms with Crippen molar-refractivity contribution in [2.45, 2.75) is 38.5 Å². The van der Waals surface area contributed by atoms with Crippen molar-refractivity contribution in [3.8, 4) is 66.8 Å². The van der Waals surface area contributed by atoms with E-state index < -0.39 is 0 Å². The second kappa shape index (κ2) is 14.2. The van der Waals surface area contributed by atoms with Crippen LogP contribution >= 0.6 is 0 Å². The van der Waals surface area contributed by atoms with E-state index in [9.17, 15) is 0 Å². The lowest BCUT2D eigenvalue weighted by Gasteiger charge is -2.28. The molecular formula is C60H47N. The second-order valence-electron chi connectivity index (χ2n) is 17.7. The number of hydrogen-bond donors (Lipinski definition) is 0. The third-order valence-electron chi connectivity index (χ3n) is 13.5.